The average Bonchev–Trinajstić information content (AvgIpc) is 2.62. The van der Waals surface area contributed by atoms with Crippen molar-refractivity contribution in [1.82, 2.24) is 0 Å². The SMILES string of the molecule is CCOc1cc(C=O)ccc1OC(=O)c1ccc(OC)c(OC)c1. The summed E-state index contributed by atoms with van der Waals surface area (Å²) in [7, 11) is 3.00. The molecular formula is C18H18O6. The topological polar surface area (TPSA) is 71.1 Å². The summed E-state index contributed by atoms with van der Waals surface area (Å²) in [4.78, 5) is 23.2. The zero-order chi connectivity index (χ0) is 17.5. The molecule has 24 heavy (non-hydrogen) atoms. The molecule has 0 saturated heterocycles. The summed E-state index contributed by atoms with van der Waals surface area (Å²) in [6, 6.07) is 9.31. The van der Waals surface area contributed by atoms with Crippen molar-refractivity contribution in [3.63, 3.8) is 0 Å². The van der Waals surface area contributed by atoms with Crippen LogP contribution >= 0.6 is 0 Å². The number of rotatable bonds is 7. The molecule has 0 fully saturated rings. The molecule has 2 aromatic rings. The molecule has 0 N–H and O–H groups in total. The van der Waals surface area contributed by atoms with Gasteiger partial charge in [-0.1, -0.05) is 0 Å². The van der Waals surface area contributed by atoms with Crippen LogP contribution in [0.15, 0.2) is 36.4 Å². The highest BCUT2D eigenvalue weighted by molar-refractivity contribution is 5.92. The predicted octanol–water partition coefficient (Wildman–Crippen LogP) is 3.13. The Labute approximate surface area is 139 Å². The van der Waals surface area contributed by atoms with Crippen LogP contribution in [0.3, 0.4) is 0 Å². The summed E-state index contributed by atoms with van der Waals surface area (Å²) in [5.41, 5.74) is 0.735. The van der Waals surface area contributed by atoms with Crippen LogP contribution in [0.2, 0.25) is 0 Å². The number of benzene rings is 2. The number of esters is 1. The summed E-state index contributed by atoms with van der Waals surface area (Å²) in [5.74, 6) is 0.932. The number of methoxy groups -OCH3 is 2. The standard InChI is InChI=1S/C18H18O6/c1-4-23-17-9-12(11-19)5-7-15(17)24-18(20)13-6-8-14(21-2)16(10-13)22-3/h5-11H,4H2,1-3H3. The molecule has 6 heteroatoms. The third-order valence-corrected chi connectivity index (χ3v) is 3.23. The van der Waals surface area contributed by atoms with E-state index < -0.39 is 5.97 Å². The van der Waals surface area contributed by atoms with Crippen LogP contribution in [0.1, 0.15) is 27.6 Å². The highest BCUT2D eigenvalue weighted by atomic mass is 16.6. The van der Waals surface area contributed by atoms with Crippen LogP contribution in [0.5, 0.6) is 23.0 Å². The van der Waals surface area contributed by atoms with E-state index in [0.29, 0.717) is 41.3 Å². The van der Waals surface area contributed by atoms with E-state index in [-0.39, 0.29) is 5.75 Å². The number of hydrogen-bond acceptors (Lipinski definition) is 6. The molecule has 0 aliphatic rings. The molecule has 0 spiro atoms. The van der Waals surface area contributed by atoms with Gasteiger partial charge in [-0.05, 0) is 43.3 Å². The zero-order valence-corrected chi connectivity index (χ0v) is 13.7. The van der Waals surface area contributed by atoms with Crippen LogP contribution in [-0.4, -0.2) is 33.1 Å². The lowest BCUT2D eigenvalue weighted by Gasteiger charge is -2.12. The van der Waals surface area contributed by atoms with E-state index >= 15 is 0 Å². The maximum absolute atomic E-state index is 12.3. The molecule has 0 amide bonds. The van der Waals surface area contributed by atoms with Gasteiger partial charge in [0.25, 0.3) is 0 Å². The largest absolute Gasteiger partial charge is 0.493 e. The first-order chi connectivity index (χ1) is 11.6. The predicted molar refractivity (Wildman–Crippen MR) is 87.5 cm³/mol. The Morgan fingerprint density at radius 2 is 1.67 bits per heavy atom. The molecule has 0 atom stereocenters. The minimum atomic E-state index is -0.573. The van der Waals surface area contributed by atoms with E-state index in [0.717, 1.165) is 0 Å². The summed E-state index contributed by atoms with van der Waals surface area (Å²) >= 11 is 0. The quantitative estimate of drug-likeness (QED) is 0.441. The second kappa shape index (κ2) is 8.01. The Morgan fingerprint density at radius 3 is 2.29 bits per heavy atom. The van der Waals surface area contributed by atoms with E-state index in [1.54, 1.807) is 25.1 Å². The first-order valence-corrected chi connectivity index (χ1v) is 7.29. The highest BCUT2D eigenvalue weighted by Crippen LogP contribution is 2.31. The number of ether oxygens (including phenoxy) is 4. The van der Waals surface area contributed by atoms with Crippen LogP contribution in [0.4, 0.5) is 0 Å². The molecule has 126 valence electrons. The molecule has 0 bridgehead atoms. The monoisotopic (exact) mass is 330 g/mol. The molecule has 0 aromatic heterocycles. The third kappa shape index (κ3) is 3.84. The van der Waals surface area contributed by atoms with Crippen molar-refractivity contribution in [3.8, 4) is 23.0 Å². The van der Waals surface area contributed by atoms with Crippen LogP contribution in [-0.2, 0) is 0 Å². The van der Waals surface area contributed by atoms with Gasteiger partial charge < -0.3 is 18.9 Å². The molecule has 2 rings (SSSR count). The van der Waals surface area contributed by atoms with Crippen LogP contribution < -0.4 is 18.9 Å². The van der Waals surface area contributed by atoms with Gasteiger partial charge in [-0.25, -0.2) is 4.79 Å². The maximum atomic E-state index is 12.3. The fraction of sp³-hybridized carbons (Fsp3) is 0.222. The summed E-state index contributed by atoms with van der Waals surface area (Å²) in [6.07, 6.45) is 0.697. The fourth-order valence-corrected chi connectivity index (χ4v) is 2.07. The minimum absolute atomic E-state index is 0.238. The van der Waals surface area contributed by atoms with Crippen LogP contribution in [0.25, 0.3) is 0 Å². The average molecular weight is 330 g/mol. The lowest BCUT2D eigenvalue weighted by molar-refractivity contribution is 0.0728. The van der Waals surface area contributed by atoms with E-state index in [1.807, 2.05) is 0 Å². The van der Waals surface area contributed by atoms with E-state index in [9.17, 15) is 9.59 Å². The molecular weight excluding hydrogens is 312 g/mol. The fourth-order valence-electron chi connectivity index (χ4n) is 2.07. The summed E-state index contributed by atoms with van der Waals surface area (Å²) in [6.45, 7) is 2.18. The second-order valence-corrected chi connectivity index (χ2v) is 4.72. The van der Waals surface area contributed by atoms with Gasteiger partial charge >= 0.3 is 5.97 Å². The van der Waals surface area contributed by atoms with Crippen molar-refractivity contribution in [2.75, 3.05) is 20.8 Å². The first kappa shape index (κ1) is 17.3. The van der Waals surface area contributed by atoms with Gasteiger partial charge in [0.2, 0.25) is 0 Å². The zero-order valence-electron chi connectivity index (χ0n) is 13.7. The lowest BCUT2D eigenvalue weighted by Crippen LogP contribution is -2.10. The number of carbonyl (C=O) groups is 2. The highest BCUT2D eigenvalue weighted by Gasteiger charge is 2.15. The molecule has 2 aromatic carbocycles. The van der Waals surface area contributed by atoms with Gasteiger partial charge in [-0.2, -0.15) is 0 Å². The molecule has 0 saturated carbocycles. The second-order valence-electron chi connectivity index (χ2n) is 4.72. The van der Waals surface area contributed by atoms with Crippen molar-refractivity contribution in [2.45, 2.75) is 6.92 Å². The normalized spacial score (nSPS) is 9.96. The van der Waals surface area contributed by atoms with E-state index in [4.69, 9.17) is 18.9 Å². The van der Waals surface area contributed by atoms with Gasteiger partial charge in [-0.3, -0.25) is 4.79 Å². The van der Waals surface area contributed by atoms with Gasteiger partial charge in [0.15, 0.2) is 23.0 Å². The smallest absolute Gasteiger partial charge is 0.343 e. The van der Waals surface area contributed by atoms with Gasteiger partial charge in [0, 0.05) is 5.56 Å². The summed E-state index contributed by atoms with van der Waals surface area (Å²) < 4.78 is 21.1. The first-order valence-electron chi connectivity index (χ1n) is 7.29. The van der Waals surface area contributed by atoms with Gasteiger partial charge in [0.05, 0.1) is 26.4 Å². The third-order valence-electron chi connectivity index (χ3n) is 3.23. The van der Waals surface area contributed by atoms with Crippen molar-refractivity contribution in [3.05, 3.63) is 47.5 Å². The lowest BCUT2D eigenvalue weighted by atomic mass is 10.2. The van der Waals surface area contributed by atoms with Crippen molar-refractivity contribution in [1.29, 1.82) is 0 Å². The van der Waals surface area contributed by atoms with Gasteiger partial charge in [-0.15, -0.1) is 0 Å². The molecule has 0 aliphatic heterocycles. The summed E-state index contributed by atoms with van der Waals surface area (Å²) in [5, 5.41) is 0. The molecule has 0 aliphatic carbocycles. The Bertz CT molecular complexity index is 738. The minimum Gasteiger partial charge on any atom is -0.493 e. The van der Waals surface area contributed by atoms with Crippen molar-refractivity contribution >= 4 is 12.3 Å². The molecule has 0 heterocycles. The van der Waals surface area contributed by atoms with Crippen molar-refractivity contribution < 1.29 is 28.5 Å². The molecule has 0 radical (unpaired) electrons. The molecule has 0 unspecified atom stereocenters. The Kier molecular flexibility index (Phi) is 5.78. The molecule has 6 nitrogen and oxygen atoms in total. The van der Waals surface area contributed by atoms with E-state index in [1.165, 1.54) is 32.4 Å². The van der Waals surface area contributed by atoms with Gasteiger partial charge in [0.1, 0.15) is 6.29 Å². The number of hydrogen-bond donors (Lipinski definition) is 0. The van der Waals surface area contributed by atoms with Crippen molar-refractivity contribution in [2.24, 2.45) is 0 Å². The Morgan fingerprint density at radius 1 is 0.958 bits per heavy atom. The number of carbonyl (C=O) groups excluding carboxylic acids is 2. The Balaban J connectivity index is 2.27. The van der Waals surface area contributed by atoms with Crippen LogP contribution in [0, 0.1) is 0 Å². The maximum Gasteiger partial charge on any atom is 0.343 e. The van der Waals surface area contributed by atoms with E-state index in [2.05, 4.69) is 0 Å². The Hall–Kier alpha value is -3.02. The number of aldehydes is 1.